The molecule has 1 amide bonds. The number of nitrogens with one attached hydrogen (secondary N) is 1. The van der Waals surface area contributed by atoms with Crippen molar-refractivity contribution in [1.29, 1.82) is 0 Å². The maximum absolute atomic E-state index is 11.7. The number of carboxylic acids is 1. The molecular weight excluding hydrogens is 262 g/mol. The number of aryl methyl sites for hydroxylation is 1. The van der Waals surface area contributed by atoms with Crippen LogP contribution in [0.2, 0.25) is 0 Å². The number of carbonyl (C=O) groups excluding carboxylic acids is 1. The number of carboxylic acid groups (broad SMARTS) is 1. The van der Waals surface area contributed by atoms with Crippen molar-refractivity contribution in [3.05, 3.63) is 18.0 Å². The zero-order valence-corrected chi connectivity index (χ0v) is 10.6. The summed E-state index contributed by atoms with van der Waals surface area (Å²) in [5, 5.41) is 15.8. The van der Waals surface area contributed by atoms with Gasteiger partial charge in [0.25, 0.3) is 5.91 Å². The highest BCUT2D eigenvalue weighted by Gasteiger charge is 2.20. The minimum atomic E-state index is -3.90. The molecule has 0 aliphatic heterocycles. The van der Waals surface area contributed by atoms with E-state index in [0.717, 1.165) is 6.07 Å². The Bertz CT molecular complexity index is 589. The number of nitrogens with two attached hydrogens (primary N) is 1. The minimum Gasteiger partial charge on any atom is -0.480 e. The van der Waals surface area contributed by atoms with Crippen LogP contribution in [0.1, 0.15) is 17.4 Å². The normalized spacial score (nSPS) is 13.1. The molecule has 1 aromatic heterocycles. The Hall–Kier alpha value is -1.87. The van der Waals surface area contributed by atoms with Crippen LogP contribution in [0.5, 0.6) is 0 Å². The van der Waals surface area contributed by atoms with Gasteiger partial charge in [0.2, 0.25) is 10.0 Å². The predicted octanol–water partition coefficient (Wildman–Crippen LogP) is -1.12. The van der Waals surface area contributed by atoms with Crippen LogP contribution in [-0.2, 0) is 21.9 Å². The highest BCUT2D eigenvalue weighted by atomic mass is 32.2. The molecule has 1 atom stereocenters. The molecule has 18 heavy (non-hydrogen) atoms. The number of aliphatic carboxylic acids is 1. The van der Waals surface area contributed by atoms with E-state index in [4.69, 9.17) is 10.2 Å². The predicted molar refractivity (Wildman–Crippen MR) is 61.4 cm³/mol. The fraction of sp³-hybridized carbons (Fsp3) is 0.333. The van der Waals surface area contributed by atoms with Gasteiger partial charge in [-0.25, -0.2) is 13.6 Å². The van der Waals surface area contributed by atoms with Crippen LogP contribution < -0.4 is 10.5 Å². The number of hydrogen-bond acceptors (Lipinski definition) is 4. The van der Waals surface area contributed by atoms with Crippen LogP contribution in [0.25, 0.3) is 0 Å². The Morgan fingerprint density at radius 3 is 2.44 bits per heavy atom. The monoisotopic (exact) mass is 275 g/mol. The van der Waals surface area contributed by atoms with Crippen LogP contribution in [-0.4, -0.2) is 36.0 Å². The molecule has 100 valence electrons. The van der Waals surface area contributed by atoms with E-state index in [1.54, 1.807) is 0 Å². The van der Waals surface area contributed by atoms with Crippen molar-refractivity contribution < 1.29 is 23.1 Å². The second-order valence-electron chi connectivity index (χ2n) is 3.75. The molecule has 4 N–H and O–H groups in total. The van der Waals surface area contributed by atoms with Crippen molar-refractivity contribution in [3.63, 3.8) is 0 Å². The number of sulfonamides is 1. The molecule has 1 aromatic rings. The van der Waals surface area contributed by atoms with E-state index in [-0.39, 0.29) is 10.6 Å². The number of hydrogen-bond donors (Lipinski definition) is 3. The van der Waals surface area contributed by atoms with Crippen molar-refractivity contribution in [2.24, 2.45) is 12.2 Å². The summed E-state index contributed by atoms with van der Waals surface area (Å²) in [4.78, 5) is 22.1. The smallest absolute Gasteiger partial charge is 0.325 e. The molecule has 0 aliphatic rings. The average Bonchev–Trinajstić information content (AvgIpc) is 2.59. The maximum atomic E-state index is 11.7. The van der Waals surface area contributed by atoms with Crippen LogP contribution in [0, 0.1) is 0 Å². The first kappa shape index (κ1) is 14.2. The Balaban J connectivity index is 3.01. The molecule has 0 unspecified atom stereocenters. The summed E-state index contributed by atoms with van der Waals surface area (Å²) >= 11 is 0. The van der Waals surface area contributed by atoms with Crippen LogP contribution >= 0.6 is 0 Å². The first-order chi connectivity index (χ1) is 8.12. The second kappa shape index (κ2) is 4.78. The first-order valence-corrected chi connectivity index (χ1v) is 6.40. The molecule has 0 radical (unpaired) electrons. The summed E-state index contributed by atoms with van der Waals surface area (Å²) in [6.45, 7) is 1.30. The fourth-order valence-electron chi connectivity index (χ4n) is 1.25. The van der Waals surface area contributed by atoms with Crippen LogP contribution in [0.15, 0.2) is 17.2 Å². The van der Waals surface area contributed by atoms with Gasteiger partial charge in [0.15, 0.2) is 0 Å². The zero-order valence-electron chi connectivity index (χ0n) is 9.75. The van der Waals surface area contributed by atoms with Gasteiger partial charge in [-0.05, 0) is 13.0 Å². The van der Waals surface area contributed by atoms with Crippen molar-refractivity contribution >= 4 is 21.9 Å². The molecule has 1 rings (SSSR count). The largest absolute Gasteiger partial charge is 0.480 e. The second-order valence-corrected chi connectivity index (χ2v) is 5.31. The van der Waals surface area contributed by atoms with Gasteiger partial charge in [0, 0.05) is 13.2 Å². The lowest BCUT2D eigenvalue weighted by molar-refractivity contribution is -0.138. The van der Waals surface area contributed by atoms with Gasteiger partial charge in [0.05, 0.1) is 0 Å². The quantitative estimate of drug-likeness (QED) is 0.640. The lowest BCUT2D eigenvalue weighted by Crippen LogP contribution is -2.39. The summed E-state index contributed by atoms with van der Waals surface area (Å²) in [5.74, 6) is -1.88. The number of amides is 1. The molecule has 8 nitrogen and oxygen atoms in total. The standard InChI is InChI=1S/C9H13N3O5S/c1-5(9(14)15)11-8(13)7-3-6(4-12(7)2)18(10,16)17/h3-5H,1-2H3,(H,11,13)(H,14,15)(H2,10,16,17)/t5-/m1/s1. The number of nitrogens with zero attached hydrogens (tertiary/aromatic N) is 1. The van der Waals surface area contributed by atoms with Crippen molar-refractivity contribution in [2.75, 3.05) is 0 Å². The van der Waals surface area contributed by atoms with E-state index in [2.05, 4.69) is 5.32 Å². The molecular formula is C9H13N3O5S. The highest BCUT2D eigenvalue weighted by Crippen LogP contribution is 2.11. The highest BCUT2D eigenvalue weighted by molar-refractivity contribution is 7.89. The summed E-state index contributed by atoms with van der Waals surface area (Å²) < 4.78 is 23.4. The van der Waals surface area contributed by atoms with Gasteiger partial charge in [-0.1, -0.05) is 0 Å². The summed E-state index contributed by atoms with van der Waals surface area (Å²) in [6, 6.07) is 0.00418. The van der Waals surface area contributed by atoms with Crippen molar-refractivity contribution in [1.82, 2.24) is 9.88 Å². The van der Waals surface area contributed by atoms with E-state index < -0.39 is 27.9 Å². The molecule has 0 saturated heterocycles. The molecule has 0 aliphatic carbocycles. The third-order valence-electron chi connectivity index (χ3n) is 2.26. The van der Waals surface area contributed by atoms with E-state index in [1.807, 2.05) is 0 Å². The van der Waals surface area contributed by atoms with E-state index in [1.165, 1.54) is 24.7 Å². The fourth-order valence-corrected chi connectivity index (χ4v) is 1.83. The van der Waals surface area contributed by atoms with E-state index >= 15 is 0 Å². The summed E-state index contributed by atoms with van der Waals surface area (Å²) in [5.41, 5.74) is 0.00660. The molecule has 1 heterocycles. The van der Waals surface area contributed by atoms with E-state index in [0.29, 0.717) is 0 Å². The third-order valence-corrected chi connectivity index (χ3v) is 3.14. The van der Waals surface area contributed by atoms with Crippen LogP contribution in [0.4, 0.5) is 0 Å². The van der Waals surface area contributed by atoms with Gasteiger partial charge in [-0.3, -0.25) is 9.59 Å². The summed E-state index contributed by atoms with van der Waals surface area (Å²) in [7, 11) is -2.45. The number of rotatable bonds is 4. The van der Waals surface area contributed by atoms with Crippen molar-refractivity contribution in [2.45, 2.75) is 17.9 Å². The Kier molecular flexibility index (Phi) is 3.77. The molecule has 0 bridgehead atoms. The van der Waals surface area contributed by atoms with E-state index in [9.17, 15) is 18.0 Å². The summed E-state index contributed by atoms with van der Waals surface area (Å²) in [6.07, 6.45) is 1.18. The van der Waals surface area contributed by atoms with Crippen molar-refractivity contribution in [3.8, 4) is 0 Å². The lowest BCUT2D eigenvalue weighted by Gasteiger charge is -2.09. The number of primary sulfonamides is 1. The average molecular weight is 275 g/mol. The SMILES string of the molecule is C[C@@H](NC(=O)c1cc(S(N)(=O)=O)cn1C)C(=O)O. The van der Waals surface area contributed by atoms with Gasteiger partial charge < -0.3 is 15.0 Å². The van der Waals surface area contributed by atoms with Crippen LogP contribution in [0.3, 0.4) is 0 Å². The van der Waals surface area contributed by atoms with Gasteiger partial charge in [-0.2, -0.15) is 0 Å². The maximum Gasteiger partial charge on any atom is 0.325 e. The lowest BCUT2D eigenvalue weighted by atomic mass is 10.3. The van der Waals surface area contributed by atoms with Gasteiger partial charge >= 0.3 is 5.97 Å². The molecule has 0 fully saturated rings. The van der Waals surface area contributed by atoms with Gasteiger partial charge in [-0.15, -0.1) is 0 Å². The molecule has 0 spiro atoms. The number of carbonyl (C=O) groups is 2. The Labute approximate surface area is 103 Å². The van der Waals surface area contributed by atoms with Gasteiger partial charge in [0.1, 0.15) is 16.6 Å². The zero-order chi connectivity index (χ0) is 14.1. The molecule has 9 heteroatoms. The Morgan fingerprint density at radius 1 is 1.50 bits per heavy atom. The minimum absolute atomic E-state index is 0.00660. The number of aromatic nitrogens is 1. The molecule has 0 aromatic carbocycles. The Morgan fingerprint density at radius 2 is 2.06 bits per heavy atom. The topological polar surface area (TPSA) is 131 Å². The first-order valence-electron chi connectivity index (χ1n) is 4.85. The molecule has 0 saturated carbocycles. The third kappa shape index (κ3) is 3.08.